The lowest BCUT2D eigenvalue weighted by molar-refractivity contribution is 0.0607. The van der Waals surface area contributed by atoms with Crippen molar-refractivity contribution in [2.75, 3.05) is 48.0 Å². The summed E-state index contributed by atoms with van der Waals surface area (Å²) in [6, 6.07) is 9.91. The van der Waals surface area contributed by atoms with Gasteiger partial charge in [0.25, 0.3) is 5.91 Å². The summed E-state index contributed by atoms with van der Waals surface area (Å²) in [4.78, 5) is 21.4. The molecule has 1 atom stereocenters. The van der Waals surface area contributed by atoms with Gasteiger partial charge in [0.15, 0.2) is 11.5 Å². The number of rotatable bonds is 8. The van der Waals surface area contributed by atoms with Crippen LogP contribution in [0.5, 0.6) is 17.4 Å². The van der Waals surface area contributed by atoms with Gasteiger partial charge in [0.05, 0.1) is 21.3 Å². The number of carbonyl (C=O) groups is 1. The van der Waals surface area contributed by atoms with Crippen molar-refractivity contribution in [3.05, 3.63) is 47.7 Å². The van der Waals surface area contributed by atoms with E-state index in [-0.39, 0.29) is 5.91 Å². The summed E-state index contributed by atoms with van der Waals surface area (Å²) < 4.78 is 16.0. The monoisotopic (exact) mass is 413 g/mol. The van der Waals surface area contributed by atoms with Crippen LogP contribution in [-0.4, -0.2) is 74.7 Å². The largest absolute Gasteiger partial charge is 0.493 e. The van der Waals surface area contributed by atoms with Gasteiger partial charge in [-0.15, -0.1) is 0 Å². The van der Waals surface area contributed by atoms with E-state index < -0.39 is 0 Å². The number of nitrogens with zero attached hydrogens (tertiary/aromatic N) is 3. The van der Waals surface area contributed by atoms with Gasteiger partial charge in [-0.3, -0.25) is 4.79 Å². The minimum atomic E-state index is -0.0158. The summed E-state index contributed by atoms with van der Waals surface area (Å²) in [5.74, 6) is 1.85. The smallest absolute Gasteiger partial charge is 0.259 e. The number of piperidine rings is 1. The Balaban J connectivity index is 1.60. The molecule has 2 heterocycles. The molecule has 1 aromatic carbocycles. The highest BCUT2D eigenvalue weighted by Crippen LogP contribution is 2.28. The lowest BCUT2D eigenvalue weighted by Crippen LogP contribution is -2.49. The summed E-state index contributed by atoms with van der Waals surface area (Å²) in [7, 11) is 6.96. The lowest BCUT2D eigenvalue weighted by atomic mass is 10.0. The molecule has 0 unspecified atom stereocenters. The average Bonchev–Trinajstić information content (AvgIpc) is 2.81. The van der Waals surface area contributed by atoms with Crippen LogP contribution in [0.3, 0.4) is 0 Å². The average molecular weight is 414 g/mol. The second-order valence-corrected chi connectivity index (χ2v) is 7.53. The van der Waals surface area contributed by atoms with E-state index in [1.807, 2.05) is 17.0 Å². The van der Waals surface area contributed by atoms with Gasteiger partial charge in [0.2, 0.25) is 5.88 Å². The second-order valence-electron chi connectivity index (χ2n) is 7.53. The van der Waals surface area contributed by atoms with E-state index in [1.165, 1.54) is 5.56 Å². The first-order chi connectivity index (χ1) is 14.6. The molecule has 1 aliphatic heterocycles. The van der Waals surface area contributed by atoms with Gasteiger partial charge < -0.3 is 24.0 Å². The summed E-state index contributed by atoms with van der Waals surface area (Å²) in [5, 5.41) is 0. The standard InChI is InChI=1S/C23H31N3O4/c1-25(14-11-17-9-10-20(28-2)21(15-17)29-3)18-7-6-13-26(16-18)23(27)19-8-5-12-24-22(19)30-4/h5,8-10,12,15,18H,6-7,11,13-14,16H2,1-4H3/t18-/m0/s1. The Labute approximate surface area is 178 Å². The van der Waals surface area contributed by atoms with Crippen molar-refractivity contribution in [3.8, 4) is 17.4 Å². The highest BCUT2D eigenvalue weighted by atomic mass is 16.5. The number of likely N-dealkylation sites (tertiary alicyclic amines) is 1. The van der Waals surface area contributed by atoms with Gasteiger partial charge in [0, 0.05) is 31.9 Å². The normalized spacial score (nSPS) is 16.4. The van der Waals surface area contributed by atoms with E-state index in [9.17, 15) is 4.79 Å². The van der Waals surface area contributed by atoms with Crippen molar-refractivity contribution in [1.29, 1.82) is 0 Å². The molecule has 1 amide bonds. The molecule has 2 aromatic rings. The molecule has 7 heteroatoms. The number of benzene rings is 1. The minimum Gasteiger partial charge on any atom is -0.493 e. The van der Waals surface area contributed by atoms with Crippen LogP contribution in [0.1, 0.15) is 28.8 Å². The number of hydrogen-bond donors (Lipinski definition) is 0. The third-order valence-electron chi connectivity index (χ3n) is 5.70. The Morgan fingerprint density at radius 1 is 1.17 bits per heavy atom. The van der Waals surface area contributed by atoms with Crippen LogP contribution in [0.25, 0.3) is 0 Å². The molecule has 0 saturated carbocycles. The maximum Gasteiger partial charge on any atom is 0.259 e. The molecule has 0 N–H and O–H groups in total. The fraction of sp³-hybridized carbons (Fsp3) is 0.478. The number of hydrogen-bond acceptors (Lipinski definition) is 6. The summed E-state index contributed by atoms with van der Waals surface area (Å²) >= 11 is 0. The van der Waals surface area contributed by atoms with Crippen molar-refractivity contribution in [3.63, 3.8) is 0 Å². The molecular formula is C23H31N3O4. The van der Waals surface area contributed by atoms with Crippen molar-refractivity contribution in [2.24, 2.45) is 0 Å². The molecule has 30 heavy (non-hydrogen) atoms. The predicted octanol–water partition coefficient (Wildman–Crippen LogP) is 2.89. The van der Waals surface area contributed by atoms with Crippen molar-refractivity contribution < 1.29 is 19.0 Å². The summed E-state index contributed by atoms with van der Waals surface area (Å²) in [6.45, 7) is 2.37. The number of aromatic nitrogens is 1. The van der Waals surface area contributed by atoms with Crippen LogP contribution in [0.2, 0.25) is 0 Å². The number of amides is 1. The molecule has 0 spiro atoms. The van der Waals surface area contributed by atoms with E-state index >= 15 is 0 Å². The molecular weight excluding hydrogens is 382 g/mol. The first-order valence-corrected chi connectivity index (χ1v) is 10.3. The minimum absolute atomic E-state index is 0.0158. The molecule has 1 aromatic heterocycles. The van der Waals surface area contributed by atoms with E-state index in [1.54, 1.807) is 39.7 Å². The Kier molecular flexibility index (Phi) is 7.52. The van der Waals surface area contributed by atoms with E-state index in [2.05, 4.69) is 23.0 Å². The number of methoxy groups -OCH3 is 3. The van der Waals surface area contributed by atoms with Crippen LogP contribution in [0, 0.1) is 0 Å². The molecule has 0 bridgehead atoms. The van der Waals surface area contributed by atoms with Gasteiger partial charge in [0.1, 0.15) is 5.56 Å². The lowest BCUT2D eigenvalue weighted by Gasteiger charge is -2.37. The molecule has 0 aliphatic carbocycles. The number of pyridine rings is 1. The maximum absolute atomic E-state index is 13.0. The van der Waals surface area contributed by atoms with Gasteiger partial charge in [-0.2, -0.15) is 0 Å². The van der Waals surface area contributed by atoms with Crippen LogP contribution in [-0.2, 0) is 6.42 Å². The predicted molar refractivity (Wildman–Crippen MR) is 116 cm³/mol. The third kappa shape index (κ3) is 5.02. The van der Waals surface area contributed by atoms with Gasteiger partial charge >= 0.3 is 0 Å². The van der Waals surface area contributed by atoms with Crippen molar-refractivity contribution in [1.82, 2.24) is 14.8 Å². The van der Waals surface area contributed by atoms with Crippen LogP contribution < -0.4 is 14.2 Å². The maximum atomic E-state index is 13.0. The number of ether oxygens (including phenoxy) is 3. The third-order valence-corrected chi connectivity index (χ3v) is 5.70. The van der Waals surface area contributed by atoms with Crippen LogP contribution in [0.15, 0.2) is 36.5 Å². The summed E-state index contributed by atoms with van der Waals surface area (Å²) in [6.07, 6.45) is 4.60. The van der Waals surface area contributed by atoms with Crippen molar-refractivity contribution in [2.45, 2.75) is 25.3 Å². The Morgan fingerprint density at radius 2 is 1.97 bits per heavy atom. The Hall–Kier alpha value is -2.80. The zero-order valence-corrected chi connectivity index (χ0v) is 18.3. The molecule has 1 saturated heterocycles. The van der Waals surface area contributed by atoms with Crippen LogP contribution in [0.4, 0.5) is 0 Å². The summed E-state index contributed by atoms with van der Waals surface area (Å²) in [5.41, 5.74) is 1.72. The quantitative estimate of drug-likeness (QED) is 0.663. The van der Waals surface area contributed by atoms with E-state index in [0.717, 1.165) is 43.9 Å². The highest BCUT2D eigenvalue weighted by Gasteiger charge is 2.28. The highest BCUT2D eigenvalue weighted by molar-refractivity contribution is 5.96. The molecule has 1 fully saturated rings. The molecule has 1 aliphatic rings. The van der Waals surface area contributed by atoms with Gasteiger partial charge in [-0.25, -0.2) is 4.98 Å². The topological polar surface area (TPSA) is 64.1 Å². The molecule has 3 rings (SSSR count). The SMILES string of the molecule is COc1ccc(CCN(C)[C@H]2CCCN(C(=O)c3cccnc3OC)C2)cc1OC. The first-order valence-electron chi connectivity index (χ1n) is 10.3. The van der Waals surface area contributed by atoms with Crippen molar-refractivity contribution >= 4 is 5.91 Å². The zero-order valence-electron chi connectivity index (χ0n) is 18.3. The fourth-order valence-corrected chi connectivity index (χ4v) is 3.91. The number of likely N-dealkylation sites (N-methyl/N-ethyl adjacent to an activating group) is 1. The number of carbonyl (C=O) groups excluding carboxylic acids is 1. The fourth-order valence-electron chi connectivity index (χ4n) is 3.91. The second kappa shape index (κ2) is 10.3. The van der Waals surface area contributed by atoms with E-state index in [4.69, 9.17) is 14.2 Å². The van der Waals surface area contributed by atoms with Gasteiger partial charge in [-0.05, 0) is 56.1 Å². The first kappa shape index (κ1) is 21.9. The van der Waals surface area contributed by atoms with Gasteiger partial charge in [-0.1, -0.05) is 6.07 Å². The molecule has 7 nitrogen and oxygen atoms in total. The Morgan fingerprint density at radius 3 is 2.70 bits per heavy atom. The van der Waals surface area contributed by atoms with Crippen LogP contribution >= 0.6 is 0 Å². The van der Waals surface area contributed by atoms with E-state index in [0.29, 0.717) is 24.0 Å². The zero-order chi connectivity index (χ0) is 21.5. The molecule has 0 radical (unpaired) electrons. The Bertz CT molecular complexity index is 858. The molecule has 162 valence electrons.